The maximum Gasteiger partial charge on any atom is 0.410 e. The second-order valence-corrected chi connectivity index (χ2v) is 3.59. The molecule has 2 unspecified atom stereocenters. The SMILES string of the molecule is CCC(C)N1CC(CN)COC1=O. The molecule has 0 aromatic carbocycles. The van der Waals surface area contributed by atoms with Gasteiger partial charge in [-0.15, -0.1) is 0 Å². The third-order valence-corrected chi connectivity index (χ3v) is 2.59. The quantitative estimate of drug-likeness (QED) is 0.709. The molecule has 1 amide bonds. The fraction of sp³-hybridized carbons (Fsp3) is 0.889. The molecule has 0 aromatic rings. The van der Waals surface area contributed by atoms with Crippen LogP contribution in [-0.4, -0.2) is 36.7 Å². The molecule has 4 nitrogen and oxygen atoms in total. The zero-order chi connectivity index (χ0) is 9.84. The molecule has 0 aromatic heterocycles. The molecule has 1 rings (SSSR count). The molecule has 1 fully saturated rings. The van der Waals surface area contributed by atoms with E-state index in [1.807, 2.05) is 6.92 Å². The largest absolute Gasteiger partial charge is 0.449 e. The highest BCUT2D eigenvalue weighted by molar-refractivity contribution is 5.68. The van der Waals surface area contributed by atoms with E-state index in [4.69, 9.17) is 10.5 Å². The molecular weight excluding hydrogens is 168 g/mol. The van der Waals surface area contributed by atoms with E-state index in [0.717, 1.165) is 13.0 Å². The molecule has 1 aliphatic rings. The van der Waals surface area contributed by atoms with E-state index in [2.05, 4.69) is 6.92 Å². The zero-order valence-electron chi connectivity index (χ0n) is 8.32. The molecule has 1 heterocycles. The number of nitrogens with zero attached hydrogens (tertiary/aromatic N) is 1. The van der Waals surface area contributed by atoms with Crippen molar-refractivity contribution < 1.29 is 9.53 Å². The summed E-state index contributed by atoms with van der Waals surface area (Å²) in [6.45, 7) is 5.89. The normalized spacial score (nSPS) is 25.6. The van der Waals surface area contributed by atoms with Gasteiger partial charge in [0.1, 0.15) is 0 Å². The highest BCUT2D eigenvalue weighted by Gasteiger charge is 2.28. The van der Waals surface area contributed by atoms with Gasteiger partial charge in [-0.3, -0.25) is 0 Å². The van der Waals surface area contributed by atoms with Gasteiger partial charge in [0.05, 0.1) is 6.61 Å². The predicted octanol–water partition coefficient (Wildman–Crippen LogP) is 0.812. The Hall–Kier alpha value is -0.770. The number of hydrogen-bond donors (Lipinski definition) is 1. The Bertz CT molecular complexity index is 184. The maximum atomic E-state index is 11.3. The van der Waals surface area contributed by atoms with E-state index in [1.165, 1.54) is 0 Å². The molecule has 1 saturated heterocycles. The zero-order valence-corrected chi connectivity index (χ0v) is 8.32. The highest BCUT2D eigenvalue weighted by atomic mass is 16.6. The van der Waals surface area contributed by atoms with Crippen molar-refractivity contribution in [3.05, 3.63) is 0 Å². The molecule has 13 heavy (non-hydrogen) atoms. The summed E-state index contributed by atoms with van der Waals surface area (Å²) in [5.74, 6) is 0.298. The Balaban J connectivity index is 2.54. The first-order chi connectivity index (χ1) is 6.19. The van der Waals surface area contributed by atoms with Crippen molar-refractivity contribution in [3.8, 4) is 0 Å². The highest BCUT2D eigenvalue weighted by Crippen LogP contribution is 2.14. The second-order valence-electron chi connectivity index (χ2n) is 3.59. The first kappa shape index (κ1) is 10.3. The lowest BCUT2D eigenvalue weighted by Gasteiger charge is -2.35. The van der Waals surface area contributed by atoms with Gasteiger partial charge in [0.25, 0.3) is 0 Å². The predicted molar refractivity (Wildman–Crippen MR) is 50.4 cm³/mol. The minimum atomic E-state index is -0.195. The molecule has 0 spiro atoms. The van der Waals surface area contributed by atoms with Gasteiger partial charge in [0, 0.05) is 25.0 Å². The summed E-state index contributed by atoms with van der Waals surface area (Å²) in [5.41, 5.74) is 5.53. The van der Waals surface area contributed by atoms with Crippen LogP contribution in [0.25, 0.3) is 0 Å². The molecular formula is C9H18N2O2. The molecule has 0 aliphatic carbocycles. The summed E-state index contributed by atoms with van der Waals surface area (Å²) in [5, 5.41) is 0. The molecule has 76 valence electrons. The van der Waals surface area contributed by atoms with Gasteiger partial charge in [0.2, 0.25) is 0 Å². The number of hydrogen-bond acceptors (Lipinski definition) is 3. The van der Waals surface area contributed by atoms with E-state index in [9.17, 15) is 4.79 Å². The molecule has 2 atom stereocenters. The van der Waals surface area contributed by atoms with Gasteiger partial charge < -0.3 is 15.4 Å². The summed E-state index contributed by atoms with van der Waals surface area (Å²) in [6, 6.07) is 0.252. The van der Waals surface area contributed by atoms with Crippen molar-refractivity contribution >= 4 is 6.09 Å². The number of amides is 1. The first-order valence-corrected chi connectivity index (χ1v) is 4.82. The van der Waals surface area contributed by atoms with Crippen molar-refractivity contribution in [3.63, 3.8) is 0 Å². The van der Waals surface area contributed by atoms with Gasteiger partial charge in [-0.1, -0.05) is 6.92 Å². The Morgan fingerprint density at radius 2 is 2.46 bits per heavy atom. The lowest BCUT2D eigenvalue weighted by molar-refractivity contribution is 0.0307. The molecule has 0 saturated carbocycles. The third-order valence-electron chi connectivity index (χ3n) is 2.59. The summed E-state index contributed by atoms with van der Waals surface area (Å²) >= 11 is 0. The standard InChI is InChI=1S/C9H18N2O2/c1-3-7(2)11-5-8(4-10)6-13-9(11)12/h7-8H,3-6,10H2,1-2H3. The van der Waals surface area contributed by atoms with E-state index in [-0.39, 0.29) is 12.1 Å². The first-order valence-electron chi connectivity index (χ1n) is 4.82. The Labute approximate surface area is 79.0 Å². The fourth-order valence-corrected chi connectivity index (χ4v) is 1.40. The van der Waals surface area contributed by atoms with Crippen LogP contribution in [0.3, 0.4) is 0 Å². The van der Waals surface area contributed by atoms with Crippen LogP contribution in [0, 0.1) is 5.92 Å². The number of nitrogens with two attached hydrogens (primary N) is 1. The number of carbonyl (C=O) groups is 1. The fourth-order valence-electron chi connectivity index (χ4n) is 1.40. The molecule has 0 radical (unpaired) electrons. The van der Waals surface area contributed by atoms with Crippen LogP contribution in [0.15, 0.2) is 0 Å². The Morgan fingerprint density at radius 3 is 3.00 bits per heavy atom. The van der Waals surface area contributed by atoms with E-state index in [0.29, 0.717) is 19.1 Å². The van der Waals surface area contributed by atoms with E-state index >= 15 is 0 Å². The third kappa shape index (κ3) is 2.34. The van der Waals surface area contributed by atoms with Crippen LogP contribution in [0.2, 0.25) is 0 Å². The van der Waals surface area contributed by atoms with E-state index < -0.39 is 0 Å². The monoisotopic (exact) mass is 186 g/mol. The number of ether oxygens (including phenoxy) is 1. The molecule has 1 aliphatic heterocycles. The van der Waals surface area contributed by atoms with Gasteiger partial charge in [-0.05, 0) is 13.3 Å². The lowest BCUT2D eigenvalue weighted by Crippen LogP contribution is -2.49. The Kier molecular flexibility index (Phi) is 3.54. The Morgan fingerprint density at radius 1 is 1.77 bits per heavy atom. The minimum absolute atomic E-state index is 0.195. The maximum absolute atomic E-state index is 11.3. The number of cyclic esters (lactones) is 1. The van der Waals surface area contributed by atoms with E-state index in [1.54, 1.807) is 4.90 Å². The van der Waals surface area contributed by atoms with Gasteiger partial charge in [0.15, 0.2) is 0 Å². The van der Waals surface area contributed by atoms with Crippen LogP contribution in [0.5, 0.6) is 0 Å². The average molecular weight is 186 g/mol. The molecule has 4 heteroatoms. The molecule has 2 N–H and O–H groups in total. The molecule has 0 bridgehead atoms. The van der Waals surface area contributed by atoms with Crippen LogP contribution in [0.1, 0.15) is 20.3 Å². The summed E-state index contributed by atoms with van der Waals surface area (Å²) in [7, 11) is 0. The van der Waals surface area contributed by atoms with Crippen LogP contribution in [0.4, 0.5) is 4.79 Å². The second kappa shape index (κ2) is 4.46. The van der Waals surface area contributed by atoms with Crippen molar-refractivity contribution in [2.75, 3.05) is 19.7 Å². The van der Waals surface area contributed by atoms with Gasteiger partial charge in [-0.25, -0.2) is 4.79 Å². The van der Waals surface area contributed by atoms with Crippen LogP contribution >= 0.6 is 0 Å². The van der Waals surface area contributed by atoms with Crippen molar-refractivity contribution in [2.45, 2.75) is 26.3 Å². The average Bonchev–Trinajstić information content (AvgIpc) is 2.17. The summed E-state index contributed by atoms with van der Waals surface area (Å²) < 4.78 is 5.02. The van der Waals surface area contributed by atoms with Crippen LogP contribution in [-0.2, 0) is 4.74 Å². The van der Waals surface area contributed by atoms with Gasteiger partial charge in [-0.2, -0.15) is 0 Å². The van der Waals surface area contributed by atoms with Crippen LogP contribution < -0.4 is 5.73 Å². The van der Waals surface area contributed by atoms with Gasteiger partial charge >= 0.3 is 6.09 Å². The van der Waals surface area contributed by atoms with Crippen molar-refractivity contribution in [1.82, 2.24) is 4.90 Å². The topological polar surface area (TPSA) is 55.6 Å². The van der Waals surface area contributed by atoms with Crippen molar-refractivity contribution in [1.29, 1.82) is 0 Å². The number of rotatable bonds is 3. The minimum Gasteiger partial charge on any atom is -0.449 e. The summed E-state index contributed by atoms with van der Waals surface area (Å²) in [6.07, 6.45) is 0.755. The smallest absolute Gasteiger partial charge is 0.410 e. The number of carbonyl (C=O) groups excluding carboxylic acids is 1. The lowest BCUT2D eigenvalue weighted by atomic mass is 10.1. The summed E-state index contributed by atoms with van der Waals surface area (Å²) in [4.78, 5) is 13.1. The van der Waals surface area contributed by atoms with Crippen molar-refractivity contribution in [2.24, 2.45) is 11.7 Å².